The van der Waals surface area contributed by atoms with Gasteiger partial charge in [0.2, 0.25) is 11.8 Å². The van der Waals surface area contributed by atoms with E-state index >= 15 is 0 Å². The molecule has 24 heavy (non-hydrogen) atoms. The second kappa shape index (κ2) is 6.38. The molecule has 0 N–H and O–H groups in total. The molecule has 4 rings (SSSR count). The van der Waals surface area contributed by atoms with Gasteiger partial charge in [0.05, 0.1) is 5.92 Å². The van der Waals surface area contributed by atoms with Crippen LogP contribution < -0.4 is 0 Å². The molecular weight excluding hydrogens is 302 g/mol. The molecule has 126 valence electrons. The maximum absolute atomic E-state index is 12.3. The molecular formula is C19H23N3O2. The van der Waals surface area contributed by atoms with Crippen LogP contribution in [0.4, 0.5) is 0 Å². The van der Waals surface area contributed by atoms with Crippen LogP contribution in [-0.2, 0) is 11.2 Å². The highest BCUT2D eigenvalue weighted by molar-refractivity contribution is 5.81. The van der Waals surface area contributed by atoms with Gasteiger partial charge in [-0.25, -0.2) is 0 Å². The first-order valence-electron chi connectivity index (χ1n) is 8.86. The predicted octanol–water partition coefficient (Wildman–Crippen LogP) is 3.08. The van der Waals surface area contributed by atoms with Crippen LogP contribution in [0.1, 0.15) is 54.4 Å². The van der Waals surface area contributed by atoms with Crippen LogP contribution in [0, 0.1) is 12.8 Å². The molecule has 0 spiro atoms. The summed E-state index contributed by atoms with van der Waals surface area (Å²) in [4.78, 5) is 18.9. The van der Waals surface area contributed by atoms with Crippen molar-refractivity contribution in [3.63, 3.8) is 0 Å². The fourth-order valence-electron chi connectivity index (χ4n) is 3.45. The number of aromatic nitrogens is 2. The summed E-state index contributed by atoms with van der Waals surface area (Å²) in [6.07, 6.45) is 4.83. The number of rotatable bonds is 4. The van der Waals surface area contributed by atoms with Crippen molar-refractivity contribution in [1.29, 1.82) is 0 Å². The molecule has 1 atom stereocenters. The second-order valence-electron chi connectivity index (χ2n) is 7.05. The number of nitrogens with zero attached hydrogens (tertiary/aromatic N) is 3. The van der Waals surface area contributed by atoms with E-state index in [1.54, 1.807) is 0 Å². The molecule has 2 aliphatic rings. The fourth-order valence-corrected chi connectivity index (χ4v) is 3.45. The molecule has 1 saturated heterocycles. The van der Waals surface area contributed by atoms with Gasteiger partial charge < -0.3 is 9.42 Å². The van der Waals surface area contributed by atoms with Gasteiger partial charge in [0.15, 0.2) is 5.82 Å². The van der Waals surface area contributed by atoms with Crippen molar-refractivity contribution in [2.75, 3.05) is 13.1 Å². The molecule has 1 aliphatic carbocycles. The van der Waals surface area contributed by atoms with Crippen LogP contribution in [0.25, 0.3) is 0 Å². The summed E-state index contributed by atoms with van der Waals surface area (Å²) in [5.74, 6) is 2.19. The Morgan fingerprint density at radius 2 is 2.12 bits per heavy atom. The number of aryl methyl sites for hydroxylation is 1. The van der Waals surface area contributed by atoms with Gasteiger partial charge in [0.1, 0.15) is 0 Å². The van der Waals surface area contributed by atoms with Gasteiger partial charge in [-0.2, -0.15) is 4.98 Å². The normalized spacial score (nSPS) is 21.0. The van der Waals surface area contributed by atoms with Gasteiger partial charge in [-0.05, 0) is 43.7 Å². The molecule has 2 fully saturated rings. The van der Waals surface area contributed by atoms with Crippen LogP contribution in [0.5, 0.6) is 0 Å². The van der Waals surface area contributed by atoms with E-state index in [0.717, 1.165) is 44.6 Å². The Labute approximate surface area is 142 Å². The Morgan fingerprint density at radius 1 is 1.29 bits per heavy atom. The van der Waals surface area contributed by atoms with E-state index in [2.05, 4.69) is 29.2 Å². The van der Waals surface area contributed by atoms with Crippen molar-refractivity contribution in [2.45, 2.75) is 44.9 Å². The smallest absolute Gasteiger partial charge is 0.231 e. The molecule has 1 saturated carbocycles. The highest BCUT2D eigenvalue weighted by atomic mass is 16.5. The van der Waals surface area contributed by atoms with E-state index in [1.807, 2.05) is 17.0 Å². The zero-order valence-electron chi connectivity index (χ0n) is 14.1. The number of amides is 1. The molecule has 0 radical (unpaired) electrons. The summed E-state index contributed by atoms with van der Waals surface area (Å²) in [7, 11) is 0. The zero-order chi connectivity index (χ0) is 16.5. The molecule has 5 nitrogen and oxygen atoms in total. The summed E-state index contributed by atoms with van der Waals surface area (Å²) in [6.45, 7) is 3.69. The number of benzene rings is 1. The monoisotopic (exact) mass is 325 g/mol. The van der Waals surface area contributed by atoms with Gasteiger partial charge in [-0.3, -0.25) is 4.79 Å². The van der Waals surface area contributed by atoms with E-state index in [9.17, 15) is 4.79 Å². The molecule has 2 heterocycles. The van der Waals surface area contributed by atoms with Crippen LogP contribution in [0.2, 0.25) is 0 Å². The minimum absolute atomic E-state index is 0.180. The molecule has 1 aromatic heterocycles. The van der Waals surface area contributed by atoms with E-state index in [-0.39, 0.29) is 11.8 Å². The summed E-state index contributed by atoms with van der Waals surface area (Å²) < 4.78 is 5.52. The number of hydrogen-bond acceptors (Lipinski definition) is 4. The second-order valence-corrected chi connectivity index (χ2v) is 7.05. The van der Waals surface area contributed by atoms with Crippen molar-refractivity contribution in [1.82, 2.24) is 15.0 Å². The number of carbonyl (C=O) groups is 1. The third-order valence-electron chi connectivity index (χ3n) is 5.10. The largest absolute Gasteiger partial charge is 0.342 e. The first kappa shape index (κ1) is 15.4. The molecule has 1 aliphatic heterocycles. The molecule has 2 aromatic rings. The maximum Gasteiger partial charge on any atom is 0.231 e. The van der Waals surface area contributed by atoms with Crippen LogP contribution >= 0.6 is 0 Å². The van der Waals surface area contributed by atoms with Gasteiger partial charge in [0.25, 0.3) is 0 Å². The third kappa shape index (κ3) is 3.21. The Kier molecular flexibility index (Phi) is 4.08. The average Bonchev–Trinajstić information content (AvgIpc) is 3.35. The number of carbonyl (C=O) groups excluding carboxylic acids is 1. The lowest BCUT2D eigenvalue weighted by Crippen LogP contribution is -2.40. The molecule has 1 amide bonds. The Morgan fingerprint density at radius 3 is 2.92 bits per heavy atom. The first-order chi connectivity index (χ1) is 11.7. The summed E-state index contributed by atoms with van der Waals surface area (Å²) >= 11 is 0. The zero-order valence-corrected chi connectivity index (χ0v) is 14.1. The van der Waals surface area contributed by atoms with Crippen molar-refractivity contribution in [3.05, 3.63) is 47.1 Å². The predicted molar refractivity (Wildman–Crippen MR) is 89.6 cm³/mol. The van der Waals surface area contributed by atoms with E-state index < -0.39 is 0 Å². The Bertz CT molecular complexity index is 736. The van der Waals surface area contributed by atoms with E-state index in [1.165, 1.54) is 11.1 Å². The number of piperidine rings is 1. The van der Waals surface area contributed by atoms with Gasteiger partial charge >= 0.3 is 0 Å². The highest BCUT2D eigenvalue weighted by Gasteiger charge is 2.36. The quantitative estimate of drug-likeness (QED) is 0.867. The Balaban J connectivity index is 1.44. The standard InChI is InChI=1S/C19H23N3O2/c1-13-5-2-3-6-15(13)11-17-20-18(24-21-17)16-7-4-10-22(12-16)19(23)14-8-9-14/h2-3,5-6,14,16H,4,7-12H2,1H3/t16-/m0/s1. The molecule has 1 aromatic carbocycles. The van der Waals surface area contributed by atoms with Crippen LogP contribution in [0.15, 0.2) is 28.8 Å². The van der Waals surface area contributed by atoms with E-state index in [4.69, 9.17) is 4.52 Å². The third-order valence-corrected chi connectivity index (χ3v) is 5.10. The lowest BCUT2D eigenvalue weighted by molar-refractivity contribution is -0.133. The average molecular weight is 325 g/mol. The van der Waals surface area contributed by atoms with Crippen molar-refractivity contribution in [2.24, 2.45) is 5.92 Å². The van der Waals surface area contributed by atoms with Crippen molar-refractivity contribution >= 4 is 5.91 Å². The molecule has 5 heteroatoms. The van der Waals surface area contributed by atoms with Crippen molar-refractivity contribution < 1.29 is 9.32 Å². The van der Waals surface area contributed by atoms with Crippen LogP contribution in [0.3, 0.4) is 0 Å². The minimum Gasteiger partial charge on any atom is -0.342 e. The summed E-state index contributed by atoms with van der Waals surface area (Å²) in [5, 5.41) is 4.16. The van der Waals surface area contributed by atoms with E-state index in [0.29, 0.717) is 18.2 Å². The first-order valence-corrected chi connectivity index (χ1v) is 8.86. The fraction of sp³-hybridized carbons (Fsp3) is 0.526. The highest BCUT2D eigenvalue weighted by Crippen LogP contribution is 2.34. The molecule has 0 unspecified atom stereocenters. The summed E-state index contributed by atoms with van der Waals surface area (Å²) in [5.41, 5.74) is 2.46. The summed E-state index contributed by atoms with van der Waals surface area (Å²) in [6, 6.07) is 8.26. The number of likely N-dealkylation sites (tertiary alicyclic amines) is 1. The lowest BCUT2D eigenvalue weighted by Gasteiger charge is -2.31. The Hall–Kier alpha value is -2.17. The topological polar surface area (TPSA) is 59.2 Å². The minimum atomic E-state index is 0.180. The van der Waals surface area contributed by atoms with Gasteiger partial charge in [0, 0.05) is 25.4 Å². The maximum atomic E-state index is 12.3. The van der Waals surface area contributed by atoms with Crippen LogP contribution in [-0.4, -0.2) is 34.0 Å². The molecule has 0 bridgehead atoms. The van der Waals surface area contributed by atoms with Gasteiger partial charge in [-0.15, -0.1) is 0 Å². The lowest BCUT2D eigenvalue weighted by atomic mass is 9.97. The van der Waals surface area contributed by atoms with Crippen molar-refractivity contribution in [3.8, 4) is 0 Å². The van der Waals surface area contributed by atoms with Gasteiger partial charge in [-0.1, -0.05) is 29.4 Å². The SMILES string of the molecule is Cc1ccccc1Cc1noc([C@H]2CCCN(C(=O)C3CC3)C2)n1. The number of hydrogen-bond donors (Lipinski definition) is 0.